The molecule has 4 heteroatoms. The van der Waals surface area contributed by atoms with Gasteiger partial charge in [-0.2, -0.15) is 0 Å². The molecular formula is C18H27NO3. The van der Waals surface area contributed by atoms with Gasteiger partial charge in [0.05, 0.1) is 18.3 Å². The molecule has 122 valence electrons. The maximum Gasteiger partial charge on any atom is 0.414 e. The van der Waals surface area contributed by atoms with Gasteiger partial charge in [0.2, 0.25) is 0 Å². The minimum Gasteiger partial charge on any atom is -0.491 e. The number of rotatable bonds is 8. The van der Waals surface area contributed by atoms with Gasteiger partial charge in [0.15, 0.2) is 0 Å². The molecule has 1 saturated heterocycles. The molecule has 0 spiro atoms. The van der Waals surface area contributed by atoms with E-state index in [0.29, 0.717) is 6.54 Å². The van der Waals surface area contributed by atoms with Gasteiger partial charge < -0.3 is 9.47 Å². The fourth-order valence-corrected chi connectivity index (χ4v) is 2.68. The highest BCUT2D eigenvalue weighted by Crippen LogP contribution is 2.27. The first-order valence-corrected chi connectivity index (χ1v) is 8.35. The Morgan fingerprint density at radius 3 is 2.86 bits per heavy atom. The highest BCUT2D eigenvalue weighted by molar-refractivity contribution is 5.89. The Morgan fingerprint density at radius 2 is 2.14 bits per heavy atom. The Morgan fingerprint density at radius 1 is 1.32 bits per heavy atom. The number of anilines is 1. The molecule has 0 radical (unpaired) electrons. The standard InChI is InChI=1S/C18H27NO3/c1-4-5-6-7-10-17-13-19(18(20)22-17)15-9-8-11-16(12-15)21-14(2)3/h8-9,11-12,14,17H,4-7,10,13H2,1-3H3. The van der Waals surface area contributed by atoms with Crippen LogP contribution in [0.2, 0.25) is 0 Å². The summed E-state index contributed by atoms with van der Waals surface area (Å²) < 4.78 is 11.2. The van der Waals surface area contributed by atoms with Crippen molar-refractivity contribution < 1.29 is 14.3 Å². The zero-order valence-electron chi connectivity index (χ0n) is 13.9. The number of ether oxygens (including phenoxy) is 2. The summed E-state index contributed by atoms with van der Waals surface area (Å²) in [5.74, 6) is 0.784. The van der Waals surface area contributed by atoms with Crippen molar-refractivity contribution in [2.75, 3.05) is 11.4 Å². The molecule has 1 atom stereocenters. The Labute approximate surface area is 133 Å². The van der Waals surface area contributed by atoms with Crippen LogP contribution in [0.4, 0.5) is 10.5 Å². The number of unbranched alkanes of at least 4 members (excludes halogenated alkanes) is 3. The fraction of sp³-hybridized carbons (Fsp3) is 0.611. The summed E-state index contributed by atoms with van der Waals surface area (Å²) in [5.41, 5.74) is 0.846. The molecule has 0 saturated carbocycles. The lowest BCUT2D eigenvalue weighted by molar-refractivity contribution is 0.135. The third-order valence-corrected chi connectivity index (χ3v) is 3.75. The number of amides is 1. The fourth-order valence-electron chi connectivity index (χ4n) is 2.68. The second kappa shape index (κ2) is 8.06. The maximum absolute atomic E-state index is 12.1. The van der Waals surface area contributed by atoms with Gasteiger partial charge in [0.1, 0.15) is 11.9 Å². The highest BCUT2D eigenvalue weighted by Gasteiger charge is 2.31. The first-order valence-electron chi connectivity index (χ1n) is 8.35. The predicted octanol–water partition coefficient (Wildman–Crippen LogP) is 4.77. The molecule has 22 heavy (non-hydrogen) atoms. The van der Waals surface area contributed by atoms with Crippen LogP contribution >= 0.6 is 0 Å². The Bertz CT molecular complexity index is 487. The first-order chi connectivity index (χ1) is 10.6. The smallest absolute Gasteiger partial charge is 0.414 e. The summed E-state index contributed by atoms with van der Waals surface area (Å²) in [4.78, 5) is 13.8. The van der Waals surface area contributed by atoms with Crippen molar-refractivity contribution in [1.29, 1.82) is 0 Å². The minimum atomic E-state index is -0.248. The lowest BCUT2D eigenvalue weighted by Crippen LogP contribution is -2.24. The van der Waals surface area contributed by atoms with E-state index in [1.807, 2.05) is 38.1 Å². The number of carbonyl (C=O) groups is 1. The van der Waals surface area contributed by atoms with Gasteiger partial charge in [-0.15, -0.1) is 0 Å². The van der Waals surface area contributed by atoms with Crippen molar-refractivity contribution >= 4 is 11.8 Å². The zero-order chi connectivity index (χ0) is 15.9. The largest absolute Gasteiger partial charge is 0.491 e. The van der Waals surface area contributed by atoms with E-state index in [1.165, 1.54) is 19.3 Å². The van der Waals surface area contributed by atoms with Crippen LogP contribution < -0.4 is 9.64 Å². The third-order valence-electron chi connectivity index (χ3n) is 3.75. The lowest BCUT2D eigenvalue weighted by Gasteiger charge is -2.15. The van der Waals surface area contributed by atoms with E-state index >= 15 is 0 Å². The van der Waals surface area contributed by atoms with Gasteiger partial charge in [-0.1, -0.05) is 32.3 Å². The normalized spacial score (nSPS) is 17.9. The summed E-state index contributed by atoms with van der Waals surface area (Å²) in [5, 5.41) is 0. The van der Waals surface area contributed by atoms with Gasteiger partial charge in [-0.25, -0.2) is 4.79 Å². The quantitative estimate of drug-likeness (QED) is 0.649. The van der Waals surface area contributed by atoms with Crippen molar-refractivity contribution in [2.45, 2.75) is 65.1 Å². The molecule has 1 amide bonds. The van der Waals surface area contributed by atoms with Crippen molar-refractivity contribution in [1.82, 2.24) is 0 Å². The van der Waals surface area contributed by atoms with Crippen LogP contribution in [0.25, 0.3) is 0 Å². The molecule has 1 aromatic rings. The van der Waals surface area contributed by atoms with Crippen LogP contribution in [0.15, 0.2) is 24.3 Å². The van der Waals surface area contributed by atoms with Gasteiger partial charge in [0, 0.05) is 6.07 Å². The predicted molar refractivity (Wildman–Crippen MR) is 88.6 cm³/mol. The van der Waals surface area contributed by atoms with E-state index in [4.69, 9.17) is 9.47 Å². The van der Waals surface area contributed by atoms with Crippen molar-refractivity contribution in [3.05, 3.63) is 24.3 Å². The van der Waals surface area contributed by atoms with Gasteiger partial charge >= 0.3 is 6.09 Å². The molecule has 1 aliphatic rings. The number of hydrogen-bond acceptors (Lipinski definition) is 3. The lowest BCUT2D eigenvalue weighted by atomic mass is 10.1. The third kappa shape index (κ3) is 4.65. The molecule has 0 bridgehead atoms. The Balaban J connectivity index is 1.93. The molecule has 0 aromatic heterocycles. The van der Waals surface area contributed by atoms with E-state index in [2.05, 4.69) is 6.92 Å². The minimum absolute atomic E-state index is 0.0130. The monoisotopic (exact) mass is 305 g/mol. The van der Waals surface area contributed by atoms with E-state index in [0.717, 1.165) is 24.3 Å². The number of benzene rings is 1. The van der Waals surface area contributed by atoms with Crippen molar-refractivity contribution in [3.63, 3.8) is 0 Å². The zero-order valence-corrected chi connectivity index (χ0v) is 13.9. The van der Waals surface area contributed by atoms with Crippen molar-refractivity contribution in [2.24, 2.45) is 0 Å². The topological polar surface area (TPSA) is 38.8 Å². The molecule has 1 unspecified atom stereocenters. The summed E-state index contributed by atoms with van der Waals surface area (Å²) in [6, 6.07) is 7.65. The SMILES string of the molecule is CCCCCCC1CN(c2cccc(OC(C)C)c2)C(=O)O1. The van der Waals surface area contributed by atoms with Gasteiger partial charge in [-0.3, -0.25) is 4.90 Å². The van der Waals surface area contributed by atoms with E-state index in [1.54, 1.807) is 4.90 Å². The molecule has 0 aliphatic carbocycles. The number of cyclic esters (lactones) is 1. The molecule has 1 heterocycles. The molecule has 1 fully saturated rings. The van der Waals surface area contributed by atoms with Crippen LogP contribution in [0.1, 0.15) is 52.9 Å². The second-order valence-corrected chi connectivity index (χ2v) is 6.13. The molecule has 1 aromatic carbocycles. The van der Waals surface area contributed by atoms with Gasteiger partial charge in [-0.05, 0) is 38.8 Å². The van der Waals surface area contributed by atoms with Crippen LogP contribution in [-0.4, -0.2) is 24.8 Å². The van der Waals surface area contributed by atoms with Crippen LogP contribution in [0, 0.1) is 0 Å². The molecule has 2 rings (SSSR count). The summed E-state index contributed by atoms with van der Waals surface area (Å²) in [7, 11) is 0. The molecule has 1 aliphatic heterocycles. The summed E-state index contributed by atoms with van der Waals surface area (Å²) in [6.07, 6.45) is 5.63. The van der Waals surface area contributed by atoms with Gasteiger partial charge in [0.25, 0.3) is 0 Å². The molecule has 4 nitrogen and oxygen atoms in total. The van der Waals surface area contributed by atoms with E-state index in [9.17, 15) is 4.79 Å². The summed E-state index contributed by atoms with van der Waals surface area (Å²) in [6.45, 7) is 6.81. The first kappa shape index (κ1) is 16.7. The Hall–Kier alpha value is -1.71. The van der Waals surface area contributed by atoms with Crippen molar-refractivity contribution in [3.8, 4) is 5.75 Å². The number of hydrogen-bond donors (Lipinski definition) is 0. The van der Waals surface area contributed by atoms with Crippen LogP contribution in [-0.2, 0) is 4.74 Å². The van der Waals surface area contributed by atoms with Crippen LogP contribution in [0.3, 0.4) is 0 Å². The average molecular weight is 305 g/mol. The van der Waals surface area contributed by atoms with E-state index < -0.39 is 0 Å². The second-order valence-electron chi connectivity index (χ2n) is 6.13. The summed E-state index contributed by atoms with van der Waals surface area (Å²) >= 11 is 0. The Kier molecular flexibility index (Phi) is 6.10. The van der Waals surface area contributed by atoms with E-state index in [-0.39, 0.29) is 18.3 Å². The molecular weight excluding hydrogens is 278 g/mol. The number of carbonyl (C=O) groups excluding carboxylic acids is 1. The number of nitrogens with zero attached hydrogens (tertiary/aromatic N) is 1. The van der Waals surface area contributed by atoms with Crippen LogP contribution in [0.5, 0.6) is 5.75 Å². The average Bonchev–Trinajstić information content (AvgIpc) is 2.84. The highest BCUT2D eigenvalue weighted by atomic mass is 16.6. The molecule has 0 N–H and O–H groups in total. The maximum atomic E-state index is 12.1.